The molecular formula is C16H24F2N2O. The average Bonchev–Trinajstić information content (AvgIpc) is 2.70. The zero-order chi connectivity index (χ0) is 15.4. The quantitative estimate of drug-likeness (QED) is 0.850. The lowest BCUT2D eigenvalue weighted by Gasteiger charge is -2.24. The van der Waals surface area contributed by atoms with E-state index in [0.717, 1.165) is 38.4 Å². The van der Waals surface area contributed by atoms with Crippen LogP contribution in [0, 0.1) is 11.6 Å². The van der Waals surface area contributed by atoms with Crippen molar-refractivity contribution < 1.29 is 13.5 Å². The van der Waals surface area contributed by atoms with Crippen molar-refractivity contribution in [2.75, 3.05) is 34.3 Å². The van der Waals surface area contributed by atoms with Crippen molar-refractivity contribution in [1.82, 2.24) is 9.80 Å². The molecule has 21 heavy (non-hydrogen) atoms. The highest BCUT2D eigenvalue weighted by Crippen LogP contribution is 2.26. The highest BCUT2D eigenvalue weighted by molar-refractivity contribution is 5.35. The fourth-order valence-corrected chi connectivity index (χ4v) is 2.95. The van der Waals surface area contributed by atoms with Crippen LogP contribution in [0.4, 0.5) is 8.78 Å². The van der Waals surface area contributed by atoms with E-state index in [1.54, 1.807) is 0 Å². The lowest BCUT2D eigenvalue weighted by atomic mass is 10.1. The number of methoxy groups -OCH3 is 1. The number of rotatable bonds is 4. The molecule has 0 radical (unpaired) electrons. The predicted octanol–water partition coefficient (Wildman–Crippen LogP) is 2.89. The van der Waals surface area contributed by atoms with Crippen LogP contribution >= 0.6 is 0 Å². The number of likely N-dealkylation sites (tertiary alicyclic amines) is 1. The molecule has 0 saturated carbocycles. The van der Waals surface area contributed by atoms with Crippen LogP contribution < -0.4 is 4.74 Å². The minimum atomic E-state index is -0.813. The summed E-state index contributed by atoms with van der Waals surface area (Å²) in [5.74, 6) is -1.18. The van der Waals surface area contributed by atoms with Gasteiger partial charge < -0.3 is 9.64 Å². The molecule has 2 rings (SSSR count). The fraction of sp³-hybridized carbons (Fsp3) is 0.625. The number of hydrogen-bond donors (Lipinski definition) is 0. The van der Waals surface area contributed by atoms with E-state index in [1.165, 1.54) is 13.2 Å². The van der Waals surface area contributed by atoms with E-state index in [0.29, 0.717) is 23.9 Å². The monoisotopic (exact) mass is 298 g/mol. The Hall–Kier alpha value is -1.20. The predicted molar refractivity (Wildman–Crippen MR) is 79.5 cm³/mol. The molecule has 1 saturated heterocycles. The summed E-state index contributed by atoms with van der Waals surface area (Å²) in [6, 6.07) is 3.17. The van der Waals surface area contributed by atoms with Crippen molar-refractivity contribution in [1.29, 1.82) is 0 Å². The molecule has 0 aromatic heterocycles. The van der Waals surface area contributed by atoms with Gasteiger partial charge in [-0.2, -0.15) is 0 Å². The lowest BCUT2D eigenvalue weighted by Crippen LogP contribution is -2.30. The first kappa shape index (κ1) is 16.2. The first-order valence-corrected chi connectivity index (χ1v) is 7.42. The van der Waals surface area contributed by atoms with Crippen LogP contribution in [-0.2, 0) is 6.54 Å². The summed E-state index contributed by atoms with van der Waals surface area (Å²) < 4.78 is 32.6. The number of benzene rings is 1. The van der Waals surface area contributed by atoms with Gasteiger partial charge in [0, 0.05) is 18.2 Å². The molecule has 1 aromatic carbocycles. The smallest absolute Gasteiger partial charge is 0.167 e. The highest BCUT2D eigenvalue weighted by Gasteiger charge is 2.21. The van der Waals surface area contributed by atoms with E-state index in [2.05, 4.69) is 23.9 Å². The van der Waals surface area contributed by atoms with Gasteiger partial charge in [-0.3, -0.25) is 4.90 Å². The molecule has 1 aliphatic heterocycles. The molecule has 118 valence electrons. The van der Waals surface area contributed by atoms with Crippen LogP contribution in [0.25, 0.3) is 0 Å². The van der Waals surface area contributed by atoms with Gasteiger partial charge >= 0.3 is 0 Å². The number of halogens is 2. The Morgan fingerprint density at radius 3 is 2.67 bits per heavy atom. The fourth-order valence-electron chi connectivity index (χ4n) is 2.95. The molecule has 0 N–H and O–H groups in total. The molecule has 1 fully saturated rings. The number of ether oxygens (including phenoxy) is 1. The third kappa shape index (κ3) is 3.92. The van der Waals surface area contributed by atoms with E-state index in [1.807, 2.05) is 0 Å². The van der Waals surface area contributed by atoms with Crippen LogP contribution in [0.5, 0.6) is 5.75 Å². The van der Waals surface area contributed by atoms with Gasteiger partial charge in [0.15, 0.2) is 11.6 Å². The van der Waals surface area contributed by atoms with E-state index in [-0.39, 0.29) is 0 Å². The Bertz CT molecular complexity index is 480. The first-order chi connectivity index (χ1) is 10.0. The largest absolute Gasteiger partial charge is 0.496 e. The number of nitrogens with zero attached hydrogens (tertiary/aromatic N) is 2. The van der Waals surface area contributed by atoms with Crippen molar-refractivity contribution in [3.05, 3.63) is 29.3 Å². The summed E-state index contributed by atoms with van der Waals surface area (Å²) in [4.78, 5) is 4.43. The van der Waals surface area contributed by atoms with Gasteiger partial charge in [-0.25, -0.2) is 8.78 Å². The Morgan fingerprint density at radius 1 is 1.24 bits per heavy atom. The van der Waals surface area contributed by atoms with Gasteiger partial charge in [-0.1, -0.05) is 0 Å². The summed E-state index contributed by atoms with van der Waals surface area (Å²) in [6.45, 7) is 2.19. The van der Waals surface area contributed by atoms with Crippen LogP contribution in [0.2, 0.25) is 0 Å². The molecule has 3 nitrogen and oxygen atoms in total. The highest BCUT2D eigenvalue weighted by atomic mass is 19.2. The second-order valence-electron chi connectivity index (χ2n) is 5.87. The Kier molecular flexibility index (Phi) is 5.53. The molecule has 5 heteroatoms. The molecular weight excluding hydrogens is 274 g/mol. The standard InChI is InChI=1S/C16H24F2N2O/c1-19(2)12-5-4-9-20(10-8-12)11-13-15(21-3)7-6-14(17)16(13)18/h6-7,12H,4-5,8-11H2,1-3H3/t12-/m1/s1. The van der Waals surface area contributed by atoms with Gasteiger partial charge in [0.1, 0.15) is 5.75 Å². The van der Waals surface area contributed by atoms with E-state index < -0.39 is 11.6 Å². The van der Waals surface area contributed by atoms with E-state index in [4.69, 9.17) is 4.74 Å². The van der Waals surface area contributed by atoms with Gasteiger partial charge in [-0.15, -0.1) is 0 Å². The third-order valence-corrected chi connectivity index (χ3v) is 4.28. The van der Waals surface area contributed by atoms with Gasteiger partial charge in [0.25, 0.3) is 0 Å². The second-order valence-corrected chi connectivity index (χ2v) is 5.87. The summed E-state index contributed by atoms with van der Waals surface area (Å²) >= 11 is 0. The average molecular weight is 298 g/mol. The molecule has 1 atom stereocenters. The van der Waals surface area contributed by atoms with Crippen molar-refractivity contribution in [2.24, 2.45) is 0 Å². The molecule has 0 amide bonds. The maximum atomic E-state index is 14.0. The van der Waals surface area contributed by atoms with Crippen LogP contribution in [-0.4, -0.2) is 50.1 Å². The zero-order valence-corrected chi connectivity index (χ0v) is 13.0. The molecule has 1 aromatic rings. The minimum absolute atomic E-state index is 0.320. The summed E-state index contributed by atoms with van der Waals surface area (Å²) in [5.41, 5.74) is 0.320. The van der Waals surface area contributed by atoms with Gasteiger partial charge in [0.2, 0.25) is 0 Å². The lowest BCUT2D eigenvalue weighted by molar-refractivity contribution is 0.240. The molecule has 1 heterocycles. The first-order valence-electron chi connectivity index (χ1n) is 7.42. The molecule has 0 spiro atoms. The summed E-state index contributed by atoms with van der Waals surface area (Å²) in [7, 11) is 5.67. The molecule has 0 unspecified atom stereocenters. The Balaban J connectivity index is 2.10. The normalized spacial score (nSPS) is 20.6. The van der Waals surface area contributed by atoms with Gasteiger partial charge in [0.05, 0.1) is 7.11 Å². The third-order valence-electron chi connectivity index (χ3n) is 4.28. The van der Waals surface area contributed by atoms with Crippen molar-refractivity contribution in [2.45, 2.75) is 31.8 Å². The van der Waals surface area contributed by atoms with E-state index >= 15 is 0 Å². The van der Waals surface area contributed by atoms with Crippen molar-refractivity contribution in [3.63, 3.8) is 0 Å². The van der Waals surface area contributed by atoms with Crippen LogP contribution in [0.3, 0.4) is 0 Å². The molecule has 0 aliphatic carbocycles. The minimum Gasteiger partial charge on any atom is -0.496 e. The summed E-state index contributed by atoms with van der Waals surface area (Å²) in [5, 5.41) is 0. The Morgan fingerprint density at radius 2 is 2.00 bits per heavy atom. The molecule has 1 aliphatic rings. The van der Waals surface area contributed by atoms with E-state index in [9.17, 15) is 8.78 Å². The van der Waals surface area contributed by atoms with Crippen LogP contribution in [0.15, 0.2) is 12.1 Å². The maximum absolute atomic E-state index is 14.0. The SMILES string of the molecule is COc1ccc(F)c(F)c1CN1CCC[C@@H](N(C)C)CC1. The maximum Gasteiger partial charge on any atom is 0.167 e. The number of hydrogen-bond acceptors (Lipinski definition) is 3. The van der Waals surface area contributed by atoms with Crippen molar-refractivity contribution in [3.8, 4) is 5.75 Å². The zero-order valence-electron chi connectivity index (χ0n) is 13.0. The Labute approximate surface area is 125 Å². The van der Waals surface area contributed by atoms with Crippen molar-refractivity contribution >= 4 is 0 Å². The summed E-state index contributed by atoms with van der Waals surface area (Å²) in [6.07, 6.45) is 3.26. The topological polar surface area (TPSA) is 15.7 Å². The van der Waals surface area contributed by atoms with Gasteiger partial charge in [-0.05, 0) is 58.6 Å². The van der Waals surface area contributed by atoms with Crippen LogP contribution in [0.1, 0.15) is 24.8 Å². The second kappa shape index (κ2) is 7.18. The molecule has 0 bridgehead atoms.